The van der Waals surface area contributed by atoms with E-state index in [2.05, 4.69) is 4.98 Å². The standard InChI is InChI=1S/C12H11NO2.H2O4S/c1-2-10(14)12-11(15)7-8-5-3-4-6-9(8)13-12;1-5(2,3)4/h3-7,15H,2H2,1H3;(H2,1,2,3,4). The van der Waals surface area contributed by atoms with E-state index in [9.17, 15) is 9.90 Å². The maximum absolute atomic E-state index is 11.5. The van der Waals surface area contributed by atoms with E-state index in [-0.39, 0.29) is 17.2 Å². The van der Waals surface area contributed by atoms with E-state index in [1.165, 1.54) is 0 Å². The van der Waals surface area contributed by atoms with Crippen LogP contribution in [-0.4, -0.2) is 33.4 Å². The number of rotatable bonds is 2. The molecule has 3 N–H and O–H groups in total. The number of para-hydroxylation sites is 1. The molecule has 0 bridgehead atoms. The fraction of sp³-hybridized carbons (Fsp3) is 0.167. The van der Waals surface area contributed by atoms with Crippen LogP contribution in [0.3, 0.4) is 0 Å². The van der Waals surface area contributed by atoms with Crippen LogP contribution in [0.15, 0.2) is 30.3 Å². The van der Waals surface area contributed by atoms with Gasteiger partial charge < -0.3 is 5.11 Å². The highest BCUT2D eigenvalue weighted by Gasteiger charge is 2.11. The van der Waals surface area contributed by atoms with E-state index in [0.717, 1.165) is 10.9 Å². The van der Waals surface area contributed by atoms with E-state index in [1.807, 2.05) is 24.3 Å². The van der Waals surface area contributed by atoms with Crippen LogP contribution in [0.1, 0.15) is 23.8 Å². The molecule has 0 aliphatic carbocycles. The van der Waals surface area contributed by atoms with Crippen LogP contribution in [0.4, 0.5) is 0 Å². The highest BCUT2D eigenvalue weighted by atomic mass is 32.3. The van der Waals surface area contributed by atoms with Gasteiger partial charge in [0.2, 0.25) is 0 Å². The summed E-state index contributed by atoms with van der Waals surface area (Å²) >= 11 is 0. The topological polar surface area (TPSA) is 125 Å². The van der Waals surface area contributed by atoms with Crippen LogP contribution in [0.25, 0.3) is 10.9 Å². The average molecular weight is 299 g/mol. The van der Waals surface area contributed by atoms with E-state index < -0.39 is 10.4 Å². The first kappa shape index (κ1) is 16.0. The summed E-state index contributed by atoms with van der Waals surface area (Å²) < 4.78 is 31.6. The molecule has 0 spiro atoms. The molecule has 2 aromatic rings. The maximum Gasteiger partial charge on any atom is 0.394 e. The number of aromatic nitrogens is 1. The number of Topliss-reactive ketones (excluding diaryl/α,β-unsaturated/α-hetero) is 1. The molecule has 0 aliphatic rings. The van der Waals surface area contributed by atoms with Gasteiger partial charge in [-0.3, -0.25) is 13.9 Å². The van der Waals surface area contributed by atoms with Crippen molar-refractivity contribution in [3.05, 3.63) is 36.0 Å². The van der Waals surface area contributed by atoms with Crippen LogP contribution in [-0.2, 0) is 10.4 Å². The molecule has 0 unspecified atom stereocenters. The average Bonchev–Trinajstić information content (AvgIpc) is 2.35. The lowest BCUT2D eigenvalue weighted by Crippen LogP contribution is -2.00. The van der Waals surface area contributed by atoms with Gasteiger partial charge in [0.25, 0.3) is 0 Å². The first-order chi connectivity index (χ1) is 9.22. The van der Waals surface area contributed by atoms with Gasteiger partial charge in [-0.05, 0) is 12.1 Å². The summed E-state index contributed by atoms with van der Waals surface area (Å²) in [6, 6.07) is 8.96. The molecule has 0 fully saturated rings. The summed E-state index contributed by atoms with van der Waals surface area (Å²) in [5.41, 5.74) is 0.892. The number of benzene rings is 1. The minimum Gasteiger partial charge on any atom is -0.506 e. The maximum atomic E-state index is 11.5. The molecule has 8 heteroatoms. The number of ketones is 1. The van der Waals surface area contributed by atoms with Crippen molar-refractivity contribution in [2.24, 2.45) is 0 Å². The van der Waals surface area contributed by atoms with Crippen molar-refractivity contribution in [1.29, 1.82) is 0 Å². The Kier molecular flexibility index (Phi) is 5.14. The molecule has 1 aromatic carbocycles. The molecular formula is C12H13NO6S. The highest BCUT2D eigenvalue weighted by Crippen LogP contribution is 2.22. The first-order valence-corrected chi connectivity index (χ1v) is 6.94. The lowest BCUT2D eigenvalue weighted by molar-refractivity contribution is 0.0981. The Balaban J connectivity index is 0.000000347. The van der Waals surface area contributed by atoms with Gasteiger partial charge in [-0.2, -0.15) is 8.42 Å². The zero-order valence-corrected chi connectivity index (χ0v) is 11.3. The molecule has 0 aliphatic heterocycles. The number of pyridine rings is 1. The Morgan fingerprint density at radius 3 is 2.35 bits per heavy atom. The molecule has 7 nitrogen and oxygen atoms in total. The number of fused-ring (bicyclic) bond motifs is 1. The number of carbonyl (C=O) groups is 1. The number of aromatic hydroxyl groups is 1. The van der Waals surface area contributed by atoms with E-state index in [4.69, 9.17) is 17.5 Å². The van der Waals surface area contributed by atoms with Crippen LogP contribution in [0.2, 0.25) is 0 Å². The normalized spacial score (nSPS) is 10.8. The molecule has 1 aromatic heterocycles. The van der Waals surface area contributed by atoms with Crippen molar-refractivity contribution in [2.75, 3.05) is 0 Å². The highest BCUT2D eigenvalue weighted by molar-refractivity contribution is 7.79. The predicted molar refractivity (Wildman–Crippen MR) is 72.2 cm³/mol. The molecule has 0 radical (unpaired) electrons. The zero-order chi connectivity index (χ0) is 15.3. The third kappa shape index (κ3) is 4.92. The Morgan fingerprint density at radius 1 is 1.25 bits per heavy atom. The molecular weight excluding hydrogens is 286 g/mol. The summed E-state index contributed by atoms with van der Waals surface area (Å²) in [4.78, 5) is 15.6. The van der Waals surface area contributed by atoms with E-state index in [0.29, 0.717) is 6.42 Å². The van der Waals surface area contributed by atoms with Gasteiger partial charge in [-0.15, -0.1) is 0 Å². The van der Waals surface area contributed by atoms with Crippen LogP contribution >= 0.6 is 0 Å². The van der Waals surface area contributed by atoms with Crippen LogP contribution < -0.4 is 0 Å². The van der Waals surface area contributed by atoms with E-state index >= 15 is 0 Å². The van der Waals surface area contributed by atoms with Crippen molar-refractivity contribution in [2.45, 2.75) is 13.3 Å². The number of hydrogen-bond donors (Lipinski definition) is 3. The monoisotopic (exact) mass is 299 g/mol. The van der Waals surface area contributed by atoms with Gasteiger partial charge in [-0.1, -0.05) is 25.1 Å². The quantitative estimate of drug-likeness (QED) is 0.571. The minimum atomic E-state index is -4.67. The fourth-order valence-corrected chi connectivity index (χ4v) is 1.48. The summed E-state index contributed by atoms with van der Waals surface area (Å²) in [6.45, 7) is 1.75. The van der Waals surface area contributed by atoms with Crippen LogP contribution in [0.5, 0.6) is 5.75 Å². The van der Waals surface area contributed by atoms with Crippen LogP contribution in [0, 0.1) is 0 Å². The molecule has 20 heavy (non-hydrogen) atoms. The van der Waals surface area contributed by atoms with Gasteiger partial charge in [0.15, 0.2) is 5.78 Å². The molecule has 1 heterocycles. The molecule has 0 amide bonds. The lowest BCUT2D eigenvalue weighted by Gasteiger charge is -2.03. The number of nitrogens with zero attached hydrogens (tertiary/aromatic N) is 1. The smallest absolute Gasteiger partial charge is 0.394 e. The molecule has 2 rings (SSSR count). The van der Waals surface area contributed by atoms with Crippen molar-refractivity contribution in [1.82, 2.24) is 4.98 Å². The third-order valence-corrected chi connectivity index (χ3v) is 2.29. The molecule has 108 valence electrons. The van der Waals surface area contributed by atoms with Crippen molar-refractivity contribution < 1.29 is 27.4 Å². The summed E-state index contributed by atoms with van der Waals surface area (Å²) in [7, 11) is -4.67. The Labute approximate surface area is 115 Å². The minimum absolute atomic E-state index is 0.0412. The first-order valence-electron chi connectivity index (χ1n) is 5.54. The second kappa shape index (κ2) is 6.42. The van der Waals surface area contributed by atoms with Crippen molar-refractivity contribution >= 4 is 27.1 Å². The van der Waals surface area contributed by atoms with E-state index in [1.54, 1.807) is 13.0 Å². The predicted octanol–water partition coefficient (Wildman–Crippen LogP) is 1.88. The second-order valence-corrected chi connectivity index (χ2v) is 4.67. The second-order valence-electron chi connectivity index (χ2n) is 3.77. The number of carbonyl (C=O) groups excluding carboxylic acids is 1. The zero-order valence-electron chi connectivity index (χ0n) is 10.5. The molecule has 0 saturated heterocycles. The summed E-state index contributed by atoms with van der Waals surface area (Å²) in [6.07, 6.45) is 0.346. The van der Waals surface area contributed by atoms with Crippen molar-refractivity contribution in [3.63, 3.8) is 0 Å². The van der Waals surface area contributed by atoms with Gasteiger partial charge in [-0.25, -0.2) is 4.98 Å². The number of hydrogen-bond acceptors (Lipinski definition) is 5. The SMILES string of the molecule is CCC(=O)c1nc2ccccc2cc1O.O=S(=O)(O)O. The molecule has 0 atom stereocenters. The largest absolute Gasteiger partial charge is 0.506 e. The fourth-order valence-electron chi connectivity index (χ4n) is 1.48. The van der Waals surface area contributed by atoms with Gasteiger partial charge in [0.1, 0.15) is 11.4 Å². The van der Waals surface area contributed by atoms with Gasteiger partial charge >= 0.3 is 10.4 Å². The Bertz CT molecular complexity index is 718. The lowest BCUT2D eigenvalue weighted by atomic mass is 10.1. The van der Waals surface area contributed by atoms with Gasteiger partial charge in [0, 0.05) is 11.8 Å². The third-order valence-electron chi connectivity index (χ3n) is 2.29. The summed E-state index contributed by atoms with van der Waals surface area (Å²) in [5.74, 6) is -0.182. The van der Waals surface area contributed by atoms with Gasteiger partial charge in [0.05, 0.1) is 5.52 Å². The summed E-state index contributed by atoms with van der Waals surface area (Å²) in [5, 5.41) is 10.5. The Hall–Kier alpha value is -2.03. The Morgan fingerprint density at radius 2 is 1.80 bits per heavy atom. The van der Waals surface area contributed by atoms with Crippen molar-refractivity contribution in [3.8, 4) is 5.75 Å². The molecule has 0 saturated carbocycles.